The van der Waals surface area contributed by atoms with Crippen molar-refractivity contribution in [3.8, 4) is 0 Å². The maximum Gasteiger partial charge on any atom is 0.0688 e. The third-order valence-electron chi connectivity index (χ3n) is 3.35. The molecule has 0 radical (unpaired) electrons. The number of hydrogen-bond acceptors (Lipinski definition) is 3. The molecular weight excluding hydrogens is 190 g/mol. The van der Waals surface area contributed by atoms with E-state index in [2.05, 4.69) is 5.32 Å². The van der Waals surface area contributed by atoms with Crippen molar-refractivity contribution in [2.45, 2.75) is 64.2 Å². The standard InChI is InChI=1S/C12H25NO2/c1-10(14)12(2,3)13-8-4-6-11-7-5-9-15-11/h10-11,13-14H,4-9H2,1-3H3. The maximum atomic E-state index is 9.50. The van der Waals surface area contributed by atoms with Gasteiger partial charge in [-0.1, -0.05) is 0 Å². The molecule has 0 saturated carbocycles. The third kappa shape index (κ3) is 4.49. The number of nitrogens with one attached hydrogen (secondary N) is 1. The van der Waals surface area contributed by atoms with Crippen LogP contribution in [0.5, 0.6) is 0 Å². The van der Waals surface area contributed by atoms with Gasteiger partial charge in [0, 0.05) is 12.1 Å². The van der Waals surface area contributed by atoms with E-state index >= 15 is 0 Å². The first-order valence-corrected chi connectivity index (χ1v) is 6.07. The molecule has 2 atom stereocenters. The summed E-state index contributed by atoms with van der Waals surface area (Å²) in [5.41, 5.74) is -0.184. The van der Waals surface area contributed by atoms with Crippen LogP contribution < -0.4 is 5.32 Å². The Bertz CT molecular complexity index is 174. The number of hydrogen-bond donors (Lipinski definition) is 2. The summed E-state index contributed by atoms with van der Waals surface area (Å²) >= 11 is 0. The van der Waals surface area contributed by atoms with Crippen molar-refractivity contribution >= 4 is 0 Å². The van der Waals surface area contributed by atoms with Crippen LogP contribution in [-0.4, -0.2) is 36.0 Å². The van der Waals surface area contributed by atoms with Gasteiger partial charge in [-0.25, -0.2) is 0 Å². The Morgan fingerprint density at radius 1 is 1.53 bits per heavy atom. The summed E-state index contributed by atoms with van der Waals surface area (Å²) in [6.07, 6.45) is 4.88. The molecule has 1 fully saturated rings. The van der Waals surface area contributed by atoms with Crippen LogP contribution in [0.15, 0.2) is 0 Å². The molecule has 0 amide bonds. The summed E-state index contributed by atoms with van der Waals surface area (Å²) in [4.78, 5) is 0. The van der Waals surface area contributed by atoms with Gasteiger partial charge in [0.1, 0.15) is 0 Å². The second-order valence-electron chi connectivity index (χ2n) is 5.10. The Morgan fingerprint density at radius 2 is 2.27 bits per heavy atom. The average Bonchev–Trinajstić information content (AvgIpc) is 2.64. The highest BCUT2D eigenvalue weighted by Gasteiger charge is 2.23. The van der Waals surface area contributed by atoms with Crippen molar-refractivity contribution in [1.82, 2.24) is 5.32 Å². The Kier molecular flexibility index (Phi) is 5.03. The summed E-state index contributed by atoms with van der Waals surface area (Å²) in [6.45, 7) is 7.79. The first kappa shape index (κ1) is 12.9. The largest absolute Gasteiger partial charge is 0.392 e. The number of ether oxygens (including phenoxy) is 1. The molecule has 0 aliphatic carbocycles. The summed E-state index contributed by atoms with van der Waals surface area (Å²) < 4.78 is 5.56. The highest BCUT2D eigenvalue weighted by molar-refractivity contribution is 4.82. The fraction of sp³-hybridized carbons (Fsp3) is 1.00. The van der Waals surface area contributed by atoms with Gasteiger partial charge in [0.25, 0.3) is 0 Å². The molecule has 0 aromatic heterocycles. The van der Waals surface area contributed by atoms with Crippen LogP contribution in [0.4, 0.5) is 0 Å². The third-order valence-corrected chi connectivity index (χ3v) is 3.35. The lowest BCUT2D eigenvalue weighted by Gasteiger charge is -2.29. The molecule has 3 nitrogen and oxygen atoms in total. The van der Waals surface area contributed by atoms with Gasteiger partial charge in [-0.2, -0.15) is 0 Å². The highest BCUT2D eigenvalue weighted by Crippen LogP contribution is 2.16. The average molecular weight is 215 g/mol. The van der Waals surface area contributed by atoms with Gasteiger partial charge in [-0.3, -0.25) is 0 Å². The molecule has 2 N–H and O–H groups in total. The van der Waals surface area contributed by atoms with E-state index in [0.717, 1.165) is 26.0 Å². The van der Waals surface area contributed by atoms with Crippen LogP contribution in [0.3, 0.4) is 0 Å². The van der Waals surface area contributed by atoms with E-state index in [9.17, 15) is 5.11 Å². The quantitative estimate of drug-likeness (QED) is 0.663. The van der Waals surface area contributed by atoms with Gasteiger partial charge in [-0.15, -0.1) is 0 Å². The van der Waals surface area contributed by atoms with E-state index < -0.39 is 0 Å². The molecule has 2 unspecified atom stereocenters. The topological polar surface area (TPSA) is 41.5 Å². The SMILES string of the molecule is CC(O)C(C)(C)NCCCC1CCCO1. The lowest BCUT2D eigenvalue weighted by atomic mass is 9.98. The van der Waals surface area contributed by atoms with Gasteiger partial charge in [0.2, 0.25) is 0 Å². The van der Waals surface area contributed by atoms with Crippen LogP contribution in [0.25, 0.3) is 0 Å². The normalized spacial score (nSPS) is 24.4. The molecule has 0 aromatic carbocycles. The van der Waals surface area contributed by atoms with E-state index in [4.69, 9.17) is 4.74 Å². The van der Waals surface area contributed by atoms with Gasteiger partial charge in [0.15, 0.2) is 0 Å². The fourth-order valence-electron chi connectivity index (χ4n) is 1.76. The highest BCUT2D eigenvalue weighted by atomic mass is 16.5. The molecule has 1 aliphatic rings. The van der Waals surface area contributed by atoms with Crippen molar-refractivity contribution < 1.29 is 9.84 Å². The Balaban J connectivity index is 2.05. The second kappa shape index (κ2) is 5.83. The van der Waals surface area contributed by atoms with E-state index in [1.807, 2.05) is 20.8 Å². The maximum absolute atomic E-state index is 9.50. The number of aliphatic hydroxyl groups excluding tert-OH is 1. The van der Waals surface area contributed by atoms with Gasteiger partial charge >= 0.3 is 0 Å². The minimum atomic E-state index is -0.319. The Labute approximate surface area is 93.2 Å². The molecule has 1 aliphatic heterocycles. The zero-order chi connectivity index (χ0) is 11.3. The van der Waals surface area contributed by atoms with Crippen LogP contribution in [0, 0.1) is 0 Å². The molecule has 90 valence electrons. The van der Waals surface area contributed by atoms with Crippen LogP contribution in [0.1, 0.15) is 46.5 Å². The van der Waals surface area contributed by atoms with E-state index in [-0.39, 0.29) is 11.6 Å². The predicted octanol–water partition coefficient (Wildman–Crippen LogP) is 1.69. The number of rotatable bonds is 6. The van der Waals surface area contributed by atoms with Crippen molar-refractivity contribution in [2.75, 3.05) is 13.2 Å². The summed E-state index contributed by atoms with van der Waals surface area (Å²) in [5.74, 6) is 0. The second-order valence-corrected chi connectivity index (χ2v) is 5.10. The first-order chi connectivity index (χ1) is 7.02. The molecule has 1 heterocycles. The molecule has 3 heteroatoms. The van der Waals surface area contributed by atoms with Gasteiger partial charge in [-0.05, 0) is 53.0 Å². The lowest BCUT2D eigenvalue weighted by Crippen LogP contribution is -2.48. The zero-order valence-electron chi connectivity index (χ0n) is 10.3. The molecule has 1 saturated heterocycles. The van der Waals surface area contributed by atoms with Crippen molar-refractivity contribution in [3.63, 3.8) is 0 Å². The molecule has 1 rings (SSSR count). The van der Waals surface area contributed by atoms with Crippen molar-refractivity contribution in [3.05, 3.63) is 0 Å². The van der Waals surface area contributed by atoms with Gasteiger partial charge < -0.3 is 15.2 Å². The van der Waals surface area contributed by atoms with E-state index in [1.165, 1.54) is 12.8 Å². The van der Waals surface area contributed by atoms with E-state index in [1.54, 1.807) is 0 Å². The van der Waals surface area contributed by atoms with Crippen molar-refractivity contribution in [2.24, 2.45) is 0 Å². The lowest BCUT2D eigenvalue weighted by molar-refractivity contribution is 0.0889. The Hall–Kier alpha value is -0.120. The summed E-state index contributed by atoms with van der Waals surface area (Å²) in [7, 11) is 0. The van der Waals surface area contributed by atoms with Gasteiger partial charge in [0.05, 0.1) is 12.2 Å². The molecule has 0 aromatic rings. The molecular formula is C12H25NO2. The fourth-order valence-corrected chi connectivity index (χ4v) is 1.76. The molecule has 15 heavy (non-hydrogen) atoms. The number of aliphatic hydroxyl groups is 1. The Morgan fingerprint density at radius 3 is 2.80 bits per heavy atom. The van der Waals surface area contributed by atoms with E-state index in [0.29, 0.717) is 6.10 Å². The zero-order valence-corrected chi connectivity index (χ0v) is 10.3. The molecule has 0 spiro atoms. The van der Waals surface area contributed by atoms with Crippen molar-refractivity contribution in [1.29, 1.82) is 0 Å². The first-order valence-electron chi connectivity index (χ1n) is 6.07. The monoisotopic (exact) mass is 215 g/mol. The smallest absolute Gasteiger partial charge is 0.0688 e. The van der Waals surface area contributed by atoms with Crippen LogP contribution in [0.2, 0.25) is 0 Å². The predicted molar refractivity (Wildman–Crippen MR) is 62.0 cm³/mol. The minimum Gasteiger partial charge on any atom is -0.392 e. The van der Waals surface area contributed by atoms with Crippen LogP contribution in [-0.2, 0) is 4.74 Å². The minimum absolute atomic E-state index is 0.184. The summed E-state index contributed by atoms with van der Waals surface area (Å²) in [6, 6.07) is 0. The van der Waals surface area contributed by atoms with Crippen LogP contribution >= 0.6 is 0 Å². The molecule has 0 bridgehead atoms. The summed E-state index contributed by atoms with van der Waals surface area (Å²) in [5, 5.41) is 12.9.